The molecule has 0 bridgehead atoms. The summed E-state index contributed by atoms with van der Waals surface area (Å²) in [5.41, 5.74) is 0. The Kier molecular flexibility index (Phi) is 6.17. The normalized spacial score (nSPS) is 22.3. The number of nitrogens with zero attached hydrogens (tertiary/aromatic N) is 2. The van der Waals surface area contributed by atoms with Gasteiger partial charge >= 0.3 is 5.97 Å². The molecule has 1 heterocycles. The fourth-order valence-electron chi connectivity index (χ4n) is 2.94. The number of carboxylic acids is 1. The van der Waals surface area contributed by atoms with E-state index in [2.05, 4.69) is 22.4 Å². The fourth-order valence-corrected chi connectivity index (χ4v) is 2.94. The van der Waals surface area contributed by atoms with Crippen LogP contribution in [0.5, 0.6) is 0 Å². The van der Waals surface area contributed by atoms with Crippen LogP contribution in [0.3, 0.4) is 0 Å². The first-order valence-electron chi connectivity index (χ1n) is 7.95. The summed E-state index contributed by atoms with van der Waals surface area (Å²) in [5, 5.41) is 16.5. The molecule has 1 aromatic rings. The zero-order valence-corrected chi connectivity index (χ0v) is 12.7. The van der Waals surface area contributed by atoms with Crippen molar-refractivity contribution >= 4 is 5.97 Å². The summed E-state index contributed by atoms with van der Waals surface area (Å²) >= 11 is 0. The molecular weight excluding hydrogens is 270 g/mol. The summed E-state index contributed by atoms with van der Waals surface area (Å²) in [6.07, 6.45) is 6.95. The molecule has 1 aliphatic carbocycles. The van der Waals surface area contributed by atoms with Gasteiger partial charge in [0.25, 0.3) is 0 Å². The van der Waals surface area contributed by atoms with Gasteiger partial charge in [-0.1, -0.05) is 31.3 Å². The molecule has 1 aliphatic rings. The maximum Gasteiger partial charge on any atom is 0.306 e. The van der Waals surface area contributed by atoms with Gasteiger partial charge in [0.1, 0.15) is 0 Å². The summed E-state index contributed by atoms with van der Waals surface area (Å²) in [7, 11) is 0. The van der Waals surface area contributed by atoms with Crippen molar-refractivity contribution in [2.45, 2.75) is 58.4 Å². The molecule has 0 saturated heterocycles. The first-order chi connectivity index (χ1) is 10.2. The average Bonchev–Trinajstić information content (AvgIpc) is 2.93. The molecule has 1 fully saturated rings. The number of hydrogen-bond acceptors (Lipinski definition) is 5. The summed E-state index contributed by atoms with van der Waals surface area (Å²) < 4.78 is 5.19. The maximum absolute atomic E-state index is 11.2. The lowest BCUT2D eigenvalue weighted by atomic mass is 9.79. The molecule has 1 saturated carbocycles. The van der Waals surface area contributed by atoms with Crippen LogP contribution in [0, 0.1) is 11.8 Å². The highest BCUT2D eigenvalue weighted by Gasteiger charge is 2.30. The van der Waals surface area contributed by atoms with Crippen LogP contribution in [-0.4, -0.2) is 27.8 Å². The molecule has 2 rings (SSSR count). The number of unbranched alkanes of at least 4 members (excludes halogenated alkanes) is 1. The van der Waals surface area contributed by atoms with Crippen molar-refractivity contribution in [3.8, 4) is 0 Å². The van der Waals surface area contributed by atoms with Crippen LogP contribution in [0.2, 0.25) is 0 Å². The number of carboxylic acid groups (broad SMARTS) is 1. The second-order valence-electron chi connectivity index (χ2n) is 5.83. The maximum atomic E-state index is 11.2. The van der Waals surface area contributed by atoms with Gasteiger partial charge in [0.2, 0.25) is 5.89 Å². The van der Waals surface area contributed by atoms with Crippen molar-refractivity contribution in [2.75, 3.05) is 6.54 Å². The molecule has 21 heavy (non-hydrogen) atoms. The van der Waals surface area contributed by atoms with Crippen molar-refractivity contribution in [3.05, 3.63) is 11.7 Å². The third-order valence-corrected chi connectivity index (χ3v) is 4.17. The first-order valence-corrected chi connectivity index (χ1v) is 7.95. The Balaban J connectivity index is 1.75. The SMILES string of the molecule is CCCCc1noc(CNCC2CCCCC2C(=O)O)n1. The van der Waals surface area contributed by atoms with Crippen LogP contribution in [0.15, 0.2) is 4.52 Å². The Morgan fingerprint density at radius 1 is 1.43 bits per heavy atom. The standard InChI is InChI=1S/C15H25N3O3/c1-2-3-8-13-17-14(21-18-13)10-16-9-11-6-4-5-7-12(11)15(19)20/h11-12,16H,2-10H2,1H3,(H,19,20). The van der Waals surface area contributed by atoms with E-state index in [1.807, 2.05) is 0 Å². The van der Waals surface area contributed by atoms with E-state index in [0.29, 0.717) is 19.0 Å². The number of carbonyl (C=O) groups is 1. The molecule has 6 heteroatoms. The summed E-state index contributed by atoms with van der Waals surface area (Å²) in [6.45, 7) is 3.34. The van der Waals surface area contributed by atoms with Crippen LogP contribution >= 0.6 is 0 Å². The molecule has 2 unspecified atom stereocenters. The van der Waals surface area contributed by atoms with E-state index in [1.165, 1.54) is 0 Å². The van der Waals surface area contributed by atoms with Gasteiger partial charge in [-0.2, -0.15) is 4.98 Å². The highest BCUT2D eigenvalue weighted by Crippen LogP contribution is 2.29. The van der Waals surface area contributed by atoms with Crippen LogP contribution < -0.4 is 5.32 Å². The molecule has 2 N–H and O–H groups in total. The van der Waals surface area contributed by atoms with Gasteiger partial charge in [0.05, 0.1) is 12.5 Å². The van der Waals surface area contributed by atoms with E-state index < -0.39 is 5.97 Å². The van der Waals surface area contributed by atoms with Gasteiger partial charge in [-0.05, 0) is 31.7 Å². The smallest absolute Gasteiger partial charge is 0.306 e. The van der Waals surface area contributed by atoms with Gasteiger partial charge in [0.15, 0.2) is 5.82 Å². The Bertz CT molecular complexity index is 447. The molecule has 6 nitrogen and oxygen atoms in total. The molecule has 0 radical (unpaired) electrons. The largest absolute Gasteiger partial charge is 0.481 e. The van der Waals surface area contributed by atoms with E-state index >= 15 is 0 Å². The van der Waals surface area contributed by atoms with Crippen molar-refractivity contribution < 1.29 is 14.4 Å². The molecule has 1 aromatic heterocycles. The van der Waals surface area contributed by atoms with Crippen molar-refractivity contribution in [3.63, 3.8) is 0 Å². The van der Waals surface area contributed by atoms with Gasteiger partial charge in [-0.25, -0.2) is 0 Å². The number of rotatable bonds is 8. The summed E-state index contributed by atoms with van der Waals surface area (Å²) in [5.74, 6) is 0.674. The minimum atomic E-state index is -0.666. The first kappa shape index (κ1) is 15.9. The van der Waals surface area contributed by atoms with Crippen molar-refractivity contribution in [2.24, 2.45) is 11.8 Å². The zero-order chi connectivity index (χ0) is 15.1. The quantitative estimate of drug-likeness (QED) is 0.765. The van der Waals surface area contributed by atoms with Crippen LogP contribution in [0.25, 0.3) is 0 Å². The number of hydrogen-bond donors (Lipinski definition) is 2. The van der Waals surface area contributed by atoms with E-state index in [9.17, 15) is 9.90 Å². The van der Waals surface area contributed by atoms with E-state index in [0.717, 1.165) is 50.8 Å². The molecular formula is C15H25N3O3. The average molecular weight is 295 g/mol. The van der Waals surface area contributed by atoms with Crippen molar-refractivity contribution in [1.29, 1.82) is 0 Å². The van der Waals surface area contributed by atoms with Crippen molar-refractivity contribution in [1.82, 2.24) is 15.5 Å². The molecule has 0 amide bonds. The predicted molar refractivity (Wildman–Crippen MR) is 77.7 cm³/mol. The molecule has 0 spiro atoms. The Morgan fingerprint density at radius 3 is 3.00 bits per heavy atom. The van der Waals surface area contributed by atoms with E-state index in [-0.39, 0.29) is 11.8 Å². The molecule has 0 aromatic carbocycles. The topological polar surface area (TPSA) is 88.2 Å². The highest BCUT2D eigenvalue weighted by atomic mass is 16.5. The third kappa shape index (κ3) is 4.81. The second kappa shape index (κ2) is 8.12. The van der Waals surface area contributed by atoms with E-state index in [4.69, 9.17) is 4.52 Å². The van der Waals surface area contributed by atoms with Crippen LogP contribution in [0.4, 0.5) is 0 Å². The van der Waals surface area contributed by atoms with Gasteiger partial charge in [-0.15, -0.1) is 0 Å². The van der Waals surface area contributed by atoms with Crippen LogP contribution in [0.1, 0.15) is 57.2 Å². The van der Waals surface area contributed by atoms with Gasteiger partial charge < -0.3 is 14.9 Å². The lowest BCUT2D eigenvalue weighted by Gasteiger charge is -2.28. The minimum absolute atomic E-state index is 0.207. The molecule has 0 aliphatic heterocycles. The lowest BCUT2D eigenvalue weighted by Crippen LogP contribution is -2.34. The number of aryl methyl sites for hydroxylation is 1. The van der Waals surface area contributed by atoms with Gasteiger partial charge in [-0.3, -0.25) is 4.79 Å². The summed E-state index contributed by atoms with van der Waals surface area (Å²) in [6, 6.07) is 0. The Morgan fingerprint density at radius 2 is 2.24 bits per heavy atom. The Hall–Kier alpha value is -1.43. The number of aromatic nitrogens is 2. The fraction of sp³-hybridized carbons (Fsp3) is 0.800. The monoisotopic (exact) mass is 295 g/mol. The highest BCUT2D eigenvalue weighted by molar-refractivity contribution is 5.70. The lowest BCUT2D eigenvalue weighted by molar-refractivity contribution is -0.144. The minimum Gasteiger partial charge on any atom is -0.481 e. The van der Waals surface area contributed by atoms with Crippen LogP contribution in [-0.2, 0) is 17.8 Å². The second-order valence-corrected chi connectivity index (χ2v) is 5.83. The number of aliphatic carboxylic acids is 1. The molecule has 2 atom stereocenters. The van der Waals surface area contributed by atoms with Gasteiger partial charge in [0, 0.05) is 6.42 Å². The number of nitrogens with one attached hydrogen (secondary N) is 1. The predicted octanol–water partition coefficient (Wildman–Crippen LogP) is 2.39. The third-order valence-electron chi connectivity index (χ3n) is 4.17. The van der Waals surface area contributed by atoms with E-state index in [1.54, 1.807) is 0 Å². The zero-order valence-electron chi connectivity index (χ0n) is 12.7. The summed E-state index contributed by atoms with van der Waals surface area (Å²) in [4.78, 5) is 15.6. The Labute approximate surface area is 125 Å². The molecule has 118 valence electrons.